The van der Waals surface area contributed by atoms with Crippen molar-refractivity contribution in [2.75, 3.05) is 11.4 Å². The predicted octanol–water partition coefficient (Wildman–Crippen LogP) is 3.32. The van der Waals surface area contributed by atoms with Gasteiger partial charge in [0, 0.05) is 23.9 Å². The Kier molecular flexibility index (Phi) is 4.13. The number of pyridine rings is 1. The zero-order chi connectivity index (χ0) is 14.0. The Bertz CT molecular complexity index is 692. The number of hydrogen-bond acceptors (Lipinski definition) is 3. The van der Waals surface area contributed by atoms with Gasteiger partial charge in [0.1, 0.15) is 4.90 Å². The molecule has 1 aromatic carbocycles. The van der Waals surface area contributed by atoms with Crippen LogP contribution in [0.3, 0.4) is 0 Å². The normalized spacial score (nSPS) is 11.3. The smallest absolute Gasteiger partial charge is 0.265 e. The van der Waals surface area contributed by atoms with Gasteiger partial charge in [0.15, 0.2) is 0 Å². The van der Waals surface area contributed by atoms with Crippen LogP contribution in [-0.2, 0) is 10.0 Å². The molecule has 0 saturated heterocycles. The summed E-state index contributed by atoms with van der Waals surface area (Å²) in [5.41, 5.74) is 0.522. The summed E-state index contributed by atoms with van der Waals surface area (Å²) in [4.78, 5) is 3.92. The second-order valence-corrected chi connectivity index (χ2v) is 7.01. The van der Waals surface area contributed by atoms with Gasteiger partial charge >= 0.3 is 0 Å². The van der Waals surface area contributed by atoms with Gasteiger partial charge in [-0.2, -0.15) is 0 Å². The summed E-state index contributed by atoms with van der Waals surface area (Å²) in [7, 11) is -2.21. The van der Waals surface area contributed by atoms with Crippen LogP contribution >= 0.6 is 27.5 Å². The molecule has 7 heteroatoms. The molecular formula is C12H10BrClN2O2S. The van der Waals surface area contributed by atoms with Crippen molar-refractivity contribution in [2.24, 2.45) is 0 Å². The molecule has 0 bridgehead atoms. The zero-order valence-electron chi connectivity index (χ0n) is 9.92. The molecule has 2 rings (SSSR count). The lowest BCUT2D eigenvalue weighted by molar-refractivity contribution is 0.594. The predicted molar refractivity (Wildman–Crippen MR) is 79.0 cm³/mol. The molecule has 0 N–H and O–H groups in total. The fourth-order valence-corrected chi connectivity index (χ4v) is 3.73. The monoisotopic (exact) mass is 360 g/mol. The van der Waals surface area contributed by atoms with Crippen LogP contribution in [0, 0.1) is 0 Å². The number of nitrogens with zero attached hydrogens (tertiary/aromatic N) is 2. The van der Waals surface area contributed by atoms with E-state index >= 15 is 0 Å². The average Bonchev–Trinajstić information content (AvgIpc) is 2.38. The maximum Gasteiger partial charge on any atom is 0.265 e. The minimum atomic E-state index is -3.69. The minimum absolute atomic E-state index is 0.0664. The van der Waals surface area contributed by atoms with E-state index in [9.17, 15) is 8.42 Å². The SMILES string of the molecule is CN(c1ccncc1)S(=O)(=O)c1ccc(Br)cc1Cl. The summed E-state index contributed by atoms with van der Waals surface area (Å²) >= 11 is 9.24. The zero-order valence-corrected chi connectivity index (χ0v) is 13.1. The molecule has 0 unspecified atom stereocenters. The Hall–Kier alpha value is -1.11. The highest BCUT2D eigenvalue weighted by Crippen LogP contribution is 2.29. The third-order valence-electron chi connectivity index (χ3n) is 2.56. The molecule has 0 aliphatic carbocycles. The number of anilines is 1. The van der Waals surface area contributed by atoms with Crippen LogP contribution in [0.4, 0.5) is 5.69 Å². The van der Waals surface area contributed by atoms with Crippen molar-refractivity contribution in [2.45, 2.75) is 4.90 Å². The lowest BCUT2D eigenvalue weighted by atomic mass is 10.4. The summed E-state index contributed by atoms with van der Waals surface area (Å²) in [5, 5.41) is 0.176. The maximum atomic E-state index is 12.5. The second-order valence-electron chi connectivity index (χ2n) is 3.75. The molecule has 0 aliphatic rings. The first-order valence-corrected chi connectivity index (χ1v) is 7.88. The molecule has 0 saturated carbocycles. The summed E-state index contributed by atoms with van der Waals surface area (Å²) in [6.07, 6.45) is 3.06. The third kappa shape index (κ3) is 2.91. The summed E-state index contributed by atoms with van der Waals surface area (Å²) in [5.74, 6) is 0. The van der Waals surface area contributed by atoms with Gasteiger partial charge in [-0.15, -0.1) is 0 Å². The number of rotatable bonds is 3. The molecule has 1 heterocycles. The molecule has 0 fully saturated rings. The first-order chi connectivity index (χ1) is 8.93. The van der Waals surface area contributed by atoms with E-state index in [2.05, 4.69) is 20.9 Å². The van der Waals surface area contributed by atoms with Crippen LogP contribution < -0.4 is 4.31 Å². The van der Waals surface area contributed by atoms with Crippen molar-refractivity contribution >= 4 is 43.2 Å². The molecule has 2 aromatic rings. The lowest BCUT2D eigenvalue weighted by Gasteiger charge is -2.19. The highest BCUT2D eigenvalue weighted by molar-refractivity contribution is 9.10. The Morgan fingerprint density at radius 1 is 1.21 bits per heavy atom. The van der Waals surface area contributed by atoms with Gasteiger partial charge in [0.25, 0.3) is 10.0 Å². The van der Waals surface area contributed by atoms with Gasteiger partial charge in [0.05, 0.1) is 10.7 Å². The number of halogens is 2. The lowest BCUT2D eigenvalue weighted by Crippen LogP contribution is -2.26. The van der Waals surface area contributed by atoms with E-state index in [-0.39, 0.29) is 9.92 Å². The standard InChI is InChI=1S/C12H10BrClN2O2S/c1-16(10-4-6-15-7-5-10)19(17,18)12-3-2-9(13)8-11(12)14/h2-8H,1H3. The largest absolute Gasteiger partial charge is 0.269 e. The molecule has 19 heavy (non-hydrogen) atoms. The van der Waals surface area contributed by atoms with Crippen molar-refractivity contribution in [3.8, 4) is 0 Å². The molecule has 0 atom stereocenters. The Morgan fingerprint density at radius 3 is 2.42 bits per heavy atom. The molecule has 0 spiro atoms. The number of benzene rings is 1. The second kappa shape index (κ2) is 5.48. The molecule has 4 nitrogen and oxygen atoms in total. The van der Waals surface area contributed by atoms with Crippen molar-refractivity contribution in [1.82, 2.24) is 4.98 Å². The number of sulfonamides is 1. The molecule has 0 amide bonds. The van der Waals surface area contributed by atoms with Gasteiger partial charge in [-0.05, 0) is 30.3 Å². The van der Waals surface area contributed by atoms with Crippen LogP contribution in [0.25, 0.3) is 0 Å². The molecule has 100 valence electrons. The van der Waals surface area contributed by atoms with E-state index in [0.29, 0.717) is 5.69 Å². The van der Waals surface area contributed by atoms with Crippen molar-refractivity contribution < 1.29 is 8.42 Å². The van der Waals surface area contributed by atoms with Crippen LogP contribution in [0.2, 0.25) is 5.02 Å². The highest BCUT2D eigenvalue weighted by atomic mass is 79.9. The molecule has 0 radical (unpaired) electrons. The molecular weight excluding hydrogens is 352 g/mol. The van der Waals surface area contributed by atoms with E-state index in [4.69, 9.17) is 11.6 Å². The van der Waals surface area contributed by atoms with Crippen LogP contribution in [-0.4, -0.2) is 20.4 Å². The van der Waals surface area contributed by atoms with Crippen LogP contribution in [0.15, 0.2) is 52.1 Å². The topological polar surface area (TPSA) is 50.3 Å². The van der Waals surface area contributed by atoms with E-state index in [1.54, 1.807) is 24.3 Å². The van der Waals surface area contributed by atoms with Gasteiger partial charge in [-0.3, -0.25) is 9.29 Å². The minimum Gasteiger partial charge on any atom is -0.269 e. The highest BCUT2D eigenvalue weighted by Gasteiger charge is 2.23. The maximum absolute atomic E-state index is 12.5. The number of hydrogen-bond donors (Lipinski definition) is 0. The van der Waals surface area contributed by atoms with Crippen molar-refractivity contribution in [3.05, 3.63) is 52.2 Å². The van der Waals surface area contributed by atoms with Gasteiger partial charge in [0.2, 0.25) is 0 Å². The molecule has 0 aliphatic heterocycles. The summed E-state index contributed by atoms with van der Waals surface area (Å²) in [6.45, 7) is 0. The van der Waals surface area contributed by atoms with E-state index in [0.717, 1.165) is 4.47 Å². The quantitative estimate of drug-likeness (QED) is 0.842. The van der Waals surface area contributed by atoms with E-state index in [1.807, 2.05) is 0 Å². The van der Waals surface area contributed by atoms with Crippen LogP contribution in [0.1, 0.15) is 0 Å². The summed E-state index contributed by atoms with van der Waals surface area (Å²) in [6, 6.07) is 7.89. The van der Waals surface area contributed by atoms with Gasteiger partial charge in [-0.25, -0.2) is 8.42 Å². The van der Waals surface area contributed by atoms with E-state index < -0.39 is 10.0 Å². The average molecular weight is 362 g/mol. The van der Waals surface area contributed by atoms with Crippen molar-refractivity contribution in [3.63, 3.8) is 0 Å². The fraction of sp³-hybridized carbons (Fsp3) is 0.0833. The Balaban J connectivity index is 2.48. The van der Waals surface area contributed by atoms with E-state index in [1.165, 1.54) is 29.8 Å². The van der Waals surface area contributed by atoms with Crippen LogP contribution in [0.5, 0.6) is 0 Å². The van der Waals surface area contributed by atoms with Crippen molar-refractivity contribution in [1.29, 1.82) is 0 Å². The number of aromatic nitrogens is 1. The third-order valence-corrected chi connectivity index (χ3v) is 5.32. The summed E-state index contributed by atoms with van der Waals surface area (Å²) < 4.78 is 26.8. The Morgan fingerprint density at radius 2 is 1.84 bits per heavy atom. The molecule has 1 aromatic heterocycles. The van der Waals surface area contributed by atoms with Gasteiger partial charge < -0.3 is 0 Å². The Labute approximate surface area is 125 Å². The fourth-order valence-electron chi connectivity index (χ4n) is 1.52. The first kappa shape index (κ1) is 14.3. The first-order valence-electron chi connectivity index (χ1n) is 5.27. The van der Waals surface area contributed by atoms with Gasteiger partial charge in [-0.1, -0.05) is 27.5 Å².